The first-order valence-electron chi connectivity index (χ1n) is 6.94. The van der Waals surface area contributed by atoms with Crippen molar-refractivity contribution < 1.29 is 4.74 Å². The minimum atomic E-state index is 0.432. The average molecular weight is 302 g/mol. The van der Waals surface area contributed by atoms with Crippen LogP contribution < -0.4 is 15.4 Å². The maximum Gasteiger partial charge on any atom is 0.248 e. The van der Waals surface area contributed by atoms with Gasteiger partial charge in [-0.05, 0) is 19.1 Å². The highest BCUT2D eigenvalue weighted by Gasteiger charge is 2.19. The van der Waals surface area contributed by atoms with Crippen molar-refractivity contribution in [3.63, 3.8) is 0 Å². The molecular formula is C15H18N4OS. The second-order valence-electron chi connectivity index (χ2n) is 4.83. The summed E-state index contributed by atoms with van der Waals surface area (Å²) in [5, 5.41) is 0. The third-order valence-corrected chi connectivity index (χ3v) is 4.21. The van der Waals surface area contributed by atoms with Crippen molar-refractivity contribution in [2.45, 2.75) is 6.92 Å². The van der Waals surface area contributed by atoms with E-state index in [9.17, 15) is 0 Å². The minimum Gasteiger partial charge on any atom is -0.437 e. The lowest BCUT2D eigenvalue weighted by Crippen LogP contribution is -2.34. The number of aryl methyl sites for hydroxylation is 1. The zero-order valence-corrected chi connectivity index (χ0v) is 12.8. The number of hydrogen-bond acceptors (Lipinski definition) is 6. The van der Waals surface area contributed by atoms with Crippen molar-refractivity contribution in [2.24, 2.45) is 0 Å². The summed E-state index contributed by atoms with van der Waals surface area (Å²) in [6.45, 7) is 3.77. The molecule has 2 aromatic rings. The standard InChI is InChI=1S/C15H18N4OS/c1-11-17-14(19-7-9-21-10-8-19)13(16)15(18-11)20-12-5-3-2-4-6-12/h2-6H,7-10,16H2,1H3. The Kier molecular flexibility index (Phi) is 4.15. The Hall–Kier alpha value is -1.95. The van der Waals surface area contributed by atoms with Crippen LogP contribution in [0.15, 0.2) is 30.3 Å². The molecule has 2 N–H and O–H groups in total. The quantitative estimate of drug-likeness (QED) is 0.940. The smallest absolute Gasteiger partial charge is 0.248 e. The molecule has 6 heteroatoms. The topological polar surface area (TPSA) is 64.3 Å². The number of nitrogen functional groups attached to an aromatic ring is 1. The van der Waals surface area contributed by atoms with E-state index in [0.29, 0.717) is 17.4 Å². The van der Waals surface area contributed by atoms with Gasteiger partial charge in [0.05, 0.1) is 0 Å². The molecule has 1 saturated heterocycles. The van der Waals surface area contributed by atoms with Gasteiger partial charge in [0.25, 0.3) is 0 Å². The van der Waals surface area contributed by atoms with E-state index in [1.54, 1.807) is 0 Å². The molecule has 1 aliphatic heterocycles. The van der Waals surface area contributed by atoms with Gasteiger partial charge in [0.2, 0.25) is 5.88 Å². The van der Waals surface area contributed by atoms with Crippen LogP contribution in [-0.4, -0.2) is 34.6 Å². The van der Waals surface area contributed by atoms with Crippen LogP contribution in [0.4, 0.5) is 11.5 Å². The fourth-order valence-corrected chi connectivity index (χ4v) is 3.14. The van der Waals surface area contributed by atoms with Crippen molar-refractivity contribution >= 4 is 23.3 Å². The number of ether oxygens (including phenoxy) is 1. The molecule has 5 nitrogen and oxygen atoms in total. The number of nitrogens with two attached hydrogens (primary N) is 1. The number of rotatable bonds is 3. The lowest BCUT2D eigenvalue weighted by atomic mass is 10.3. The average Bonchev–Trinajstić information content (AvgIpc) is 2.52. The van der Waals surface area contributed by atoms with E-state index in [2.05, 4.69) is 14.9 Å². The first-order chi connectivity index (χ1) is 10.2. The lowest BCUT2D eigenvalue weighted by molar-refractivity contribution is 0.462. The third kappa shape index (κ3) is 3.21. The molecule has 1 aromatic heterocycles. The highest BCUT2D eigenvalue weighted by Crippen LogP contribution is 2.33. The SMILES string of the molecule is Cc1nc(Oc2ccccc2)c(N)c(N2CCSCC2)n1. The summed E-state index contributed by atoms with van der Waals surface area (Å²) in [5.41, 5.74) is 6.74. The Morgan fingerprint density at radius 3 is 2.57 bits per heavy atom. The van der Waals surface area contributed by atoms with Gasteiger partial charge in [-0.25, -0.2) is 4.98 Å². The molecule has 0 amide bonds. The van der Waals surface area contributed by atoms with Gasteiger partial charge in [-0.2, -0.15) is 16.7 Å². The number of benzene rings is 1. The summed E-state index contributed by atoms with van der Waals surface area (Å²) >= 11 is 1.95. The summed E-state index contributed by atoms with van der Waals surface area (Å²) in [4.78, 5) is 11.0. The summed E-state index contributed by atoms with van der Waals surface area (Å²) < 4.78 is 5.81. The molecule has 0 spiro atoms. The van der Waals surface area contributed by atoms with Gasteiger partial charge in [0.15, 0.2) is 5.82 Å². The molecule has 1 aliphatic rings. The molecular weight excluding hydrogens is 284 g/mol. The first-order valence-corrected chi connectivity index (χ1v) is 8.09. The van der Waals surface area contributed by atoms with E-state index in [4.69, 9.17) is 10.5 Å². The highest BCUT2D eigenvalue weighted by atomic mass is 32.2. The molecule has 3 rings (SSSR count). The maximum atomic E-state index is 6.23. The van der Waals surface area contributed by atoms with E-state index >= 15 is 0 Å². The van der Waals surface area contributed by atoms with Gasteiger partial charge in [-0.15, -0.1) is 0 Å². The monoisotopic (exact) mass is 302 g/mol. The lowest BCUT2D eigenvalue weighted by Gasteiger charge is -2.28. The van der Waals surface area contributed by atoms with Crippen molar-refractivity contribution in [1.82, 2.24) is 9.97 Å². The van der Waals surface area contributed by atoms with Gasteiger partial charge in [-0.1, -0.05) is 18.2 Å². The van der Waals surface area contributed by atoms with Crippen molar-refractivity contribution in [3.05, 3.63) is 36.2 Å². The minimum absolute atomic E-state index is 0.432. The van der Waals surface area contributed by atoms with Crippen LogP contribution in [0.1, 0.15) is 5.82 Å². The number of para-hydroxylation sites is 1. The molecule has 1 fully saturated rings. The predicted molar refractivity (Wildman–Crippen MR) is 87.2 cm³/mol. The summed E-state index contributed by atoms with van der Waals surface area (Å²) in [7, 11) is 0. The number of aromatic nitrogens is 2. The van der Waals surface area contributed by atoms with E-state index in [1.165, 1.54) is 0 Å². The number of thioether (sulfide) groups is 1. The number of anilines is 2. The Bertz CT molecular complexity index is 615. The largest absolute Gasteiger partial charge is 0.437 e. The van der Waals surface area contributed by atoms with Gasteiger partial charge in [-0.3, -0.25) is 0 Å². The fraction of sp³-hybridized carbons (Fsp3) is 0.333. The Morgan fingerprint density at radius 1 is 1.14 bits per heavy atom. The fourth-order valence-electron chi connectivity index (χ4n) is 2.24. The van der Waals surface area contributed by atoms with Crippen LogP contribution in [0.3, 0.4) is 0 Å². The second-order valence-corrected chi connectivity index (χ2v) is 6.05. The number of hydrogen-bond donors (Lipinski definition) is 1. The van der Waals surface area contributed by atoms with E-state index < -0.39 is 0 Å². The third-order valence-electron chi connectivity index (χ3n) is 3.27. The molecule has 0 saturated carbocycles. The normalized spacial score (nSPS) is 15.0. The van der Waals surface area contributed by atoms with Crippen LogP contribution in [0.25, 0.3) is 0 Å². The van der Waals surface area contributed by atoms with E-state index in [1.807, 2.05) is 49.0 Å². The molecule has 21 heavy (non-hydrogen) atoms. The summed E-state index contributed by atoms with van der Waals surface area (Å²) in [6.07, 6.45) is 0. The molecule has 0 atom stereocenters. The van der Waals surface area contributed by atoms with Gasteiger partial charge in [0.1, 0.15) is 17.3 Å². The van der Waals surface area contributed by atoms with Crippen molar-refractivity contribution in [3.8, 4) is 11.6 Å². The Morgan fingerprint density at radius 2 is 1.86 bits per heavy atom. The van der Waals surface area contributed by atoms with Gasteiger partial charge in [0, 0.05) is 24.6 Å². The molecule has 0 unspecified atom stereocenters. The molecule has 0 bridgehead atoms. The predicted octanol–water partition coefficient (Wildman–Crippen LogP) is 2.71. The van der Waals surface area contributed by atoms with Crippen LogP contribution in [0, 0.1) is 6.92 Å². The zero-order chi connectivity index (χ0) is 14.7. The van der Waals surface area contributed by atoms with Crippen molar-refractivity contribution in [1.29, 1.82) is 0 Å². The van der Waals surface area contributed by atoms with E-state index in [-0.39, 0.29) is 0 Å². The molecule has 0 aliphatic carbocycles. The van der Waals surface area contributed by atoms with Crippen LogP contribution in [0.2, 0.25) is 0 Å². The molecule has 110 valence electrons. The van der Waals surface area contributed by atoms with Gasteiger partial charge < -0.3 is 15.4 Å². The first kappa shape index (κ1) is 14.0. The maximum absolute atomic E-state index is 6.23. The van der Waals surface area contributed by atoms with Crippen molar-refractivity contribution in [2.75, 3.05) is 35.2 Å². The molecule has 0 radical (unpaired) electrons. The summed E-state index contributed by atoms with van der Waals surface area (Å²) in [5.74, 6) is 4.80. The second kappa shape index (κ2) is 6.22. The number of nitrogens with zero attached hydrogens (tertiary/aromatic N) is 3. The highest BCUT2D eigenvalue weighted by molar-refractivity contribution is 7.99. The van der Waals surface area contributed by atoms with Crippen LogP contribution >= 0.6 is 11.8 Å². The van der Waals surface area contributed by atoms with Crippen LogP contribution in [0.5, 0.6) is 11.6 Å². The van der Waals surface area contributed by atoms with Crippen LogP contribution in [-0.2, 0) is 0 Å². The van der Waals surface area contributed by atoms with E-state index in [0.717, 1.165) is 36.2 Å². The molecule has 2 heterocycles. The van der Waals surface area contributed by atoms with Gasteiger partial charge >= 0.3 is 0 Å². The summed E-state index contributed by atoms with van der Waals surface area (Å²) in [6, 6.07) is 9.55. The Labute approximate surface area is 128 Å². The zero-order valence-electron chi connectivity index (χ0n) is 12.0. The Balaban J connectivity index is 1.92. The molecule has 1 aromatic carbocycles.